The van der Waals surface area contributed by atoms with Gasteiger partial charge in [0.2, 0.25) is 5.91 Å². The summed E-state index contributed by atoms with van der Waals surface area (Å²) in [6, 6.07) is 8.08. The summed E-state index contributed by atoms with van der Waals surface area (Å²) >= 11 is 0. The van der Waals surface area contributed by atoms with Gasteiger partial charge in [0.25, 0.3) is 0 Å². The molecule has 1 heterocycles. The van der Waals surface area contributed by atoms with Crippen LogP contribution in [0.2, 0.25) is 0 Å². The van der Waals surface area contributed by atoms with E-state index in [1.165, 1.54) is 5.39 Å². The minimum Gasteiger partial charge on any atom is -0.361 e. The molecule has 0 fully saturated rings. The van der Waals surface area contributed by atoms with Gasteiger partial charge >= 0.3 is 0 Å². The zero-order valence-corrected chi connectivity index (χ0v) is 8.71. The molecule has 3 nitrogen and oxygen atoms in total. The van der Waals surface area contributed by atoms with Gasteiger partial charge in [-0.05, 0) is 17.7 Å². The fraction of sp³-hybridized carbons (Fsp3) is 0.250. The molecule has 0 bridgehead atoms. The highest BCUT2D eigenvalue weighted by Gasteiger charge is 2.02. The van der Waals surface area contributed by atoms with Crippen molar-refractivity contribution in [3.63, 3.8) is 0 Å². The number of aromatic amines is 1. The quantitative estimate of drug-likeness (QED) is 0.787. The van der Waals surface area contributed by atoms with Crippen LogP contribution in [0.15, 0.2) is 30.5 Å². The topological polar surface area (TPSA) is 44.9 Å². The highest BCUT2D eigenvalue weighted by atomic mass is 16.1. The Balaban J connectivity index is 2.20. The first-order valence-corrected chi connectivity index (χ1v) is 5.13. The highest BCUT2D eigenvalue weighted by Crippen LogP contribution is 2.16. The van der Waals surface area contributed by atoms with Crippen molar-refractivity contribution < 1.29 is 4.79 Å². The lowest BCUT2D eigenvalue weighted by molar-refractivity contribution is -0.120. The lowest BCUT2D eigenvalue weighted by Gasteiger charge is -2.04. The van der Waals surface area contributed by atoms with Crippen LogP contribution in [0.4, 0.5) is 0 Å². The van der Waals surface area contributed by atoms with Crippen molar-refractivity contribution in [1.29, 1.82) is 0 Å². The number of hydrogen-bond acceptors (Lipinski definition) is 1. The van der Waals surface area contributed by atoms with E-state index in [-0.39, 0.29) is 5.91 Å². The van der Waals surface area contributed by atoms with Crippen LogP contribution in [0.5, 0.6) is 0 Å². The standard InChI is InChI=1S/C12H14N2O/c1-2-12(15)14-8-9-4-3-5-11-10(9)6-7-13-11/h3-7,13H,2,8H2,1H3,(H,14,15). The third-order valence-corrected chi connectivity index (χ3v) is 2.48. The van der Waals surface area contributed by atoms with Crippen LogP contribution in [0.1, 0.15) is 18.9 Å². The maximum absolute atomic E-state index is 11.1. The summed E-state index contributed by atoms with van der Waals surface area (Å²) in [5.41, 5.74) is 2.26. The van der Waals surface area contributed by atoms with Crippen LogP contribution in [0.3, 0.4) is 0 Å². The number of H-pyrrole nitrogens is 1. The van der Waals surface area contributed by atoms with E-state index in [1.807, 2.05) is 37.4 Å². The average molecular weight is 202 g/mol. The number of aromatic nitrogens is 1. The van der Waals surface area contributed by atoms with Gasteiger partial charge in [-0.3, -0.25) is 4.79 Å². The van der Waals surface area contributed by atoms with E-state index < -0.39 is 0 Å². The van der Waals surface area contributed by atoms with Crippen LogP contribution in [0.25, 0.3) is 10.9 Å². The Bertz CT molecular complexity index is 473. The fourth-order valence-electron chi connectivity index (χ4n) is 1.62. The van der Waals surface area contributed by atoms with Crippen molar-refractivity contribution in [3.05, 3.63) is 36.0 Å². The van der Waals surface area contributed by atoms with E-state index >= 15 is 0 Å². The molecule has 0 atom stereocenters. The maximum atomic E-state index is 11.1. The highest BCUT2D eigenvalue weighted by molar-refractivity contribution is 5.83. The van der Waals surface area contributed by atoms with Crippen molar-refractivity contribution in [3.8, 4) is 0 Å². The lowest BCUT2D eigenvalue weighted by Crippen LogP contribution is -2.21. The molecule has 0 aliphatic heterocycles. The van der Waals surface area contributed by atoms with E-state index in [0.29, 0.717) is 13.0 Å². The van der Waals surface area contributed by atoms with Crippen LogP contribution >= 0.6 is 0 Å². The van der Waals surface area contributed by atoms with E-state index in [4.69, 9.17) is 0 Å². The normalized spacial score (nSPS) is 10.5. The Morgan fingerprint density at radius 2 is 2.27 bits per heavy atom. The third kappa shape index (κ3) is 2.01. The first-order valence-electron chi connectivity index (χ1n) is 5.13. The van der Waals surface area contributed by atoms with Crippen LogP contribution < -0.4 is 5.32 Å². The Kier molecular flexibility index (Phi) is 2.72. The number of hydrogen-bond donors (Lipinski definition) is 2. The Morgan fingerprint density at radius 3 is 3.07 bits per heavy atom. The summed E-state index contributed by atoms with van der Waals surface area (Å²) in [7, 11) is 0. The Labute approximate surface area is 88.5 Å². The Hall–Kier alpha value is -1.77. The van der Waals surface area contributed by atoms with Gasteiger partial charge < -0.3 is 10.3 Å². The monoisotopic (exact) mass is 202 g/mol. The average Bonchev–Trinajstić information content (AvgIpc) is 2.74. The van der Waals surface area contributed by atoms with Gasteiger partial charge in [-0.25, -0.2) is 0 Å². The van der Waals surface area contributed by atoms with Gasteiger partial charge in [-0.15, -0.1) is 0 Å². The first-order chi connectivity index (χ1) is 7.31. The van der Waals surface area contributed by atoms with Gasteiger partial charge in [0.05, 0.1) is 0 Å². The number of amides is 1. The smallest absolute Gasteiger partial charge is 0.219 e. The molecule has 15 heavy (non-hydrogen) atoms. The second kappa shape index (κ2) is 4.17. The molecule has 2 rings (SSSR count). The third-order valence-electron chi connectivity index (χ3n) is 2.48. The molecule has 0 aliphatic carbocycles. The number of carbonyl (C=O) groups is 1. The number of fused-ring (bicyclic) bond motifs is 1. The molecule has 78 valence electrons. The molecule has 1 aromatic carbocycles. The van der Waals surface area contributed by atoms with E-state index in [0.717, 1.165) is 11.1 Å². The molecule has 2 aromatic rings. The molecule has 0 aliphatic rings. The predicted octanol–water partition coefficient (Wildman–Crippen LogP) is 2.19. The first kappa shape index (κ1) is 9.77. The van der Waals surface area contributed by atoms with Gasteiger partial charge in [-0.1, -0.05) is 19.1 Å². The molecule has 0 radical (unpaired) electrons. The van der Waals surface area contributed by atoms with Crippen molar-refractivity contribution in [2.24, 2.45) is 0 Å². The molecular formula is C12H14N2O. The zero-order chi connectivity index (χ0) is 10.7. The van der Waals surface area contributed by atoms with Crippen molar-refractivity contribution in [1.82, 2.24) is 10.3 Å². The molecule has 1 amide bonds. The van der Waals surface area contributed by atoms with E-state index in [2.05, 4.69) is 10.3 Å². The van der Waals surface area contributed by atoms with Gasteiger partial charge in [0, 0.05) is 30.1 Å². The summed E-state index contributed by atoms with van der Waals surface area (Å²) < 4.78 is 0. The number of carbonyl (C=O) groups excluding carboxylic acids is 1. The van der Waals surface area contributed by atoms with Gasteiger partial charge in [0.15, 0.2) is 0 Å². The van der Waals surface area contributed by atoms with E-state index in [1.54, 1.807) is 0 Å². The SMILES string of the molecule is CCC(=O)NCc1cccc2[nH]ccc12. The van der Waals surface area contributed by atoms with Crippen LogP contribution in [-0.2, 0) is 11.3 Å². The summed E-state index contributed by atoms with van der Waals surface area (Å²) in [6.07, 6.45) is 2.44. The van der Waals surface area contributed by atoms with Crippen molar-refractivity contribution in [2.45, 2.75) is 19.9 Å². The summed E-state index contributed by atoms with van der Waals surface area (Å²) in [6.45, 7) is 2.45. The Morgan fingerprint density at radius 1 is 1.40 bits per heavy atom. The largest absolute Gasteiger partial charge is 0.361 e. The number of benzene rings is 1. The van der Waals surface area contributed by atoms with Gasteiger partial charge in [0.1, 0.15) is 0 Å². The molecule has 1 aromatic heterocycles. The van der Waals surface area contributed by atoms with Crippen LogP contribution in [0, 0.1) is 0 Å². The molecule has 0 saturated heterocycles. The van der Waals surface area contributed by atoms with Gasteiger partial charge in [-0.2, -0.15) is 0 Å². The van der Waals surface area contributed by atoms with Crippen LogP contribution in [-0.4, -0.2) is 10.9 Å². The maximum Gasteiger partial charge on any atom is 0.219 e. The number of rotatable bonds is 3. The second-order valence-electron chi connectivity index (χ2n) is 3.49. The molecule has 0 saturated carbocycles. The summed E-state index contributed by atoms with van der Waals surface area (Å²) in [5.74, 6) is 0.0857. The molecule has 0 unspecified atom stereocenters. The summed E-state index contributed by atoms with van der Waals surface area (Å²) in [4.78, 5) is 14.3. The minimum atomic E-state index is 0.0857. The predicted molar refractivity (Wildman–Crippen MR) is 60.4 cm³/mol. The zero-order valence-electron chi connectivity index (χ0n) is 8.71. The lowest BCUT2D eigenvalue weighted by atomic mass is 10.1. The number of nitrogens with one attached hydrogen (secondary N) is 2. The molecular weight excluding hydrogens is 188 g/mol. The van der Waals surface area contributed by atoms with Crippen molar-refractivity contribution in [2.75, 3.05) is 0 Å². The summed E-state index contributed by atoms with van der Waals surface area (Å²) in [5, 5.41) is 4.05. The minimum absolute atomic E-state index is 0.0857. The molecule has 0 spiro atoms. The molecule has 3 heteroatoms. The fourth-order valence-corrected chi connectivity index (χ4v) is 1.62. The molecule has 2 N–H and O–H groups in total. The van der Waals surface area contributed by atoms with E-state index in [9.17, 15) is 4.79 Å². The second-order valence-corrected chi connectivity index (χ2v) is 3.49. The van der Waals surface area contributed by atoms with Crippen molar-refractivity contribution >= 4 is 16.8 Å².